The fraction of sp³-hybridized carbons (Fsp3) is 0.333. The van der Waals surface area contributed by atoms with Crippen molar-refractivity contribution < 1.29 is 0 Å². The maximum atomic E-state index is 3.70. The van der Waals surface area contributed by atoms with E-state index in [1.807, 2.05) is 0 Å². The molecule has 1 aliphatic rings. The Hall–Kier alpha value is -1.64. The molecule has 20 heavy (non-hydrogen) atoms. The van der Waals surface area contributed by atoms with Crippen LogP contribution in [-0.2, 0) is 0 Å². The van der Waals surface area contributed by atoms with Crippen molar-refractivity contribution in [2.75, 3.05) is 19.6 Å². The third-order valence-corrected chi connectivity index (χ3v) is 4.12. The fourth-order valence-corrected chi connectivity index (χ4v) is 3.08. The SMILES string of the molecule is CCNC[C@H]1NC[C@@H](c2ccccc2)c2ccccc21. The molecule has 2 heteroatoms. The Morgan fingerprint density at radius 2 is 1.70 bits per heavy atom. The largest absolute Gasteiger partial charge is 0.315 e. The number of hydrogen-bond acceptors (Lipinski definition) is 2. The summed E-state index contributed by atoms with van der Waals surface area (Å²) in [7, 11) is 0. The molecule has 104 valence electrons. The van der Waals surface area contributed by atoms with Gasteiger partial charge in [-0.05, 0) is 23.2 Å². The standard InChI is InChI=1S/C18H22N2/c1-2-19-13-18-16-11-7-6-10-15(16)17(12-20-18)14-8-4-3-5-9-14/h3-11,17-20H,2,12-13H2,1H3/t17-,18+/m0/s1. The van der Waals surface area contributed by atoms with Crippen LogP contribution in [0.25, 0.3) is 0 Å². The Labute approximate surface area is 121 Å². The Morgan fingerprint density at radius 3 is 2.45 bits per heavy atom. The summed E-state index contributed by atoms with van der Waals surface area (Å²) in [6, 6.07) is 20.1. The molecule has 2 aromatic rings. The van der Waals surface area contributed by atoms with Crippen LogP contribution in [0.4, 0.5) is 0 Å². The predicted octanol–water partition coefficient (Wildman–Crippen LogP) is 3.07. The second-order valence-electron chi connectivity index (χ2n) is 5.36. The highest BCUT2D eigenvalue weighted by molar-refractivity contribution is 5.42. The van der Waals surface area contributed by atoms with Crippen molar-refractivity contribution >= 4 is 0 Å². The van der Waals surface area contributed by atoms with Gasteiger partial charge in [-0.1, -0.05) is 61.5 Å². The van der Waals surface area contributed by atoms with Gasteiger partial charge >= 0.3 is 0 Å². The van der Waals surface area contributed by atoms with E-state index in [2.05, 4.69) is 72.2 Å². The molecule has 0 aromatic heterocycles. The van der Waals surface area contributed by atoms with Gasteiger partial charge in [-0.15, -0.1) is 0 Å². The summed E-state index contributed by atoms with van der Waals surface area (Å²) in [5.74, 6) is 0.463. The van der Waals surface area contributed by atoms with Crippen molar-refractivity contribution in [2.45, 2.75) is 18.9 Å². The Kier molecular flexibility index (Phi) is 4.14. The monoisotopic (exact) mass is 266 g/mol. The topological polar surface area (TPSA) is 24.1 Å². The number of fused-ring (bicyclic) bond motifs is 1. The lowest BCUT2D eigenvalue weighted by Gasteiger charge is -2.33. The summed E-state index contributed by atoms with van der Waals surface area (Å²) in [6.45, 7) is 5.18. The highest BCUT2D eigenvalue weighted by atomic mass is 15.0. The van der Waals surface area contributed by atoms with E-state index in [9.17, 15) is 0 Å². The number of likely N-dealkylation sites (N-methyl/N-ethyl adjacent to an activating group) is 1. The third kappa shape index (κ3) is 2.62. The van der Waals surface area contributed by atoms with Gasteiger partial charge in [0.05, 0.1) is 0 Å². The summed E-state index contributed by atoms with van der Waals surface area (Å²) >= 11 is 0. The zero-order valence-corrected chi connectivity index (χ0v) is 12.0. The van der Waals surface area contributed by atoms with Crippen LogP contribution in [0.5, 0.6) is 0 Å². The normalized spacial score (nSPS) is 21.4. The maximum Gasteiger partial charge on any atom is 0.0450 e. The van der Waals surface area contributed by atoms with E-state index in [1.54, 1.807) is 0 Å². The minimum Gasteiger partial charge on any atom is -0.315 e. The van der Waals surface area contributed by atoms with Gasteiger partial charge in [0.1, 0.15) is 0 Å². The number of nitrogens with one attached hydrogen (secondary N) is 2. The molecule has 0 bridgehead atoms. The first-order chi connectivity index (χ1) is 9.90. The molecule has 0 fully saturated rings. The molecule has 1 aliphatic heterocycles. The molecule has 2 aromatic carbocycles. The summed E-state index contributed by atoms with van der Waals surface area (Å²) in [6.07, 6.45) is 0. The number of rotatable bonds is 4. The first-order valence-electron chi connectivity index (χ1n) is 7.48. The molecular formula is C18H22N2. The van der Waals surface area contributed by atoms with Gasteiger partial charge in [0.2, 0.25) is 0 Å². The zero-order valence-electron chi connectivity index (χ0n) is 12.0. The average molecular weight is 266 g/mol. The van der Waals surface area contributed by atoms with Crippen LogP contribution < -0.4 is 10.6 Å². The minimum atomic E-state index is 0.422. The number of hydrogen-bond donors (Lipinski definition) is 2. The molecule has 1 heterocycles. The second kappa shape index (κ2) is 6.21. The summed E-state index contributed by atoms with van der Waals surface area (Å²) in [4.78, 5) is 0. The maximum absolute atomic E-state index is 3.70. The third-order valence-electron chi connectivity index (χ3n) is 4.12. The van der Waals surface area contributed by atoms with Crippen LogP contribution >= 0.6 is 0 Å². The fourth-order valence-electron chi connectivity index (χ4n) is 3.08. The van der Waals surface area contributed by atoms with Crippen LogP contribution in [0, 0.1) is 0 Å². The van der Waals surface area contributed by atoms with Crippen molar-refractivity contribution in [3.05, 3.63) is 71.3 Å². The van der Waals surface area contributed by atoms with Crippen molar-refractivity contribution in [3.63, 3.8) is 0 Å². The molecule has 0 radical (unpaired) electrons. The van der Waals surface area contributed by atoms with Crippen LogP contribution in [0.15, 0.2) is 54.6 Å². The van der Waals surface area contributed by atoms with Gasteiger partial charge in [0.25, 0.3) is 0 Å². The van der Waals surface area contributed by atoms with Crippen LogP contribution in [0.3, 0.4) is 0 Å². The van der Waals surface area contributed by atoms with E-state index in [0.29, 0.717) is 12.0 Å². The van der Waals surface area contributed by atoms with Gasteiger partial charge < -0.3 is 10.6 Å². The van der Waals surface area contributed by atoms with E-state index in [0.717, 1.165) is 19.6 Å². The Balaban J connectivity index is 1.93. The molecule has 0 saturated carbocycles. The van der Waals surface area contributed by atoms with E-state index in [4.69, 9.17) is 0 Å². The lowest BCUT2D eigenvalue weighted by Crippen LogP contribution is -2.39. The molecule has 0 amide bonds. The van der Waals surface area contributed by atoms with Crippen molar-refractivity contribution in [1.82, 2.24) is 10.6 Å². The summed E-state index contributed by atoms with van der Waals surface area (Å²) in [5, 5.41) is 7.15. The smallest absolute Gasteiger partial charge is 0.0450 e. The van der Waals surface area contributed by atoms with Gasteiger partial charge in [0.15, 0.2) is 0 Å². The molecule has 2 N–H and O–H groups in total. The molecule has 0 unspecified atom stereocenters. The van der Waals surface area contributed by atoms with Gasteiger partial charge in [-0.25, -0.2) is 0 Å². The van der Waals surface area contributed by atoms with Crippen LogP contribution in [0.2, 0.25) is 0 Å². The number of benzene rings is 2. The Morgan fingerprint density at radius 1 is 1.00 bits per heavy atom. The highest BCUT2D eigenvalue weighted by Gasteiger charge is 2.26. The van der Waals surface area contributed by atoms with E-state index in [-0.39, 0.29) is 0 Å². The lowest BCUT2D eigenvalue weighted by atomic mass is 9.82. The van der Waals surface area contributed by atoms with Gasteiger partial charge in [-0.2, -0.15) is 0 Å². The van der Waals surface area contributed by atoms with Crippen molar-refractivity contribution in [2.24, 2.45) is 0 Å². The molecule has 3 rings (SSSR count). The first kappa shape index (κ1) is 13.3. The first-order valence-corrected chi connectivity index (χ1v) is 7.48. The second-order valence-corrected chi connectivity index (χ2v) is 5.36. The van der Waals surface area contributed by atoms with Crippen molar-refractivity contribution in [1.29, 1.82) is 0 Å². The quantitative estimate of drug-likeness (QED) is 0.888. The van der Waals surface area contributed by atoms with Gasteiger partial charge in [0, 0.05) is 25.0 Å². The highest BCUT2D eigenvalue weighted by Crippen LogP contribution is 2.33. The summed E-state index contributed by atoms with van der Waals surface area (Å²) in [5.41, 5.74) is 4.31. The molecule has 2 nitrogen and oxygen atoms in total. The van der Waals surface area contributed by atoms with Crippen molar-refractivity contribution in [3.8, 4) is 0 Å². The predicted molar refractivity (Wildman–Crippen MR) is 84.0 cm³/mol. The van der Waals surface area contributed by atoms with E-state index in [1.165, 1.54) is 16.7 Å². The van der Waals surface area contributed by atoms with Crippen LogP contribution in [0.1, 0.15) is 35.6 Å². The van der Waals surface area contributed by atoms with E-state index >= 15 is 0 Å². The zero-order chi connectivity index (χ0) is 13.8. The molecule has 2 atom stereocenters. The Bertz CT molecular complexity index is 550. The molecular weight excluding hydrogens is 244 g/mol. The molecule has 0 saturated heterocycles. The van der Waals surface area contributed by atoms with Gasteiger partial charge in [-0.3, -0.25) is 0 Å². The minimum absolute atomic E-state index is 0.422. The molecule has 0 aliphatic carbocycles. The average Bonchev–Trinajstić information content (AvgIpc) is 2.53. The lowest BCUT2D eigenvalue weighted by molar-refractivity contribution is 0.454. The molecule has 0 spiro atoms. The van der Waals surface area contributed by atoms with Crippen LogP contribution in [-0.4, -0.2) is 19.6 Å². The van der Waals surface area contributed by atoms with E-state index < -0.39 is 0 Å². The summed E-state index contributed by atoms with van der Waals surface area (Å²) < 4.78 is 0.